The number of hydrogen-bond donors (Lipinski definition) is 2. The first-order valence-electron chi connectivity index (χ1n) is 6.50. The first-order valence-corrected chi connectivity index (χ1v) is 6.50. The summed E-state index contributed by atoms with van der Waals surface area (Å²) in [5.41, 5.74) is 0. The van der Waals surface area contributed by atoms with Gasteiger partial charge in [-0.25, -0.2) is 0 Å². The van der Waals surface area contributed by atoms with Crippen molar-refractivity contribution in [2.75, 3.05) is 13.1 Å². The molecule has 108 valence electrons. The molecule has 0 aliphatic carbocycles. The zero-order valence-electron chi connectivity index (χ0n) is 11.5. The minimum Gasteiger partial charge on any atom is -0.481 e. The number of carbonyl (C=O) groups is 3. The summed E-state index contributed by atoms with van der Waals surface area (Å²) in [4.78, 5) is 35.8. The Labute approximate surface area is 112 Å². The van der Waals surface area contributed by atoms with E-state index < -0.39 is 23.8 Å². The van der Waals surface area contributed by atoms with Gasteiger partial charge in [0.1, 0.15) is 0 Å². The normalized spacial score (nSPS) is 25.2. The first-order chi connectivity index (χ1) is 8.75. The second-order valence-electron chi connectivity index (χ2n) is 5.50. The highest BCUT2D eigenvalue weighted by Gasteiger charge is 2.40. The molecule has 0 aromatic rings. The Morgan fingerprint density at radius 1 is 1.05 bits per heavy atom. The van der Waals surface area contributed by atoms with E-state index in [-0.39, 0.29) is 30.7 Å². The standard InChI is InChI=1S/C13H21NO5/c1-7(2)8(3)11(15)14-5-4-9(12(16)17)10(6-14)13(18)19/h7-10H,4-6H2,1-3H3,(H,16,17)(H,18,19). The molecule has 1 amide bonds. The quantitative estimate of drug-likeness (QED) is 0.792. The van der Waals surface area contributed by atoms with Crippen LogP contribution in [0.3, 0.4) is 0 Å². The molecule has 0 spiro atoms. The molecule has 3 atom stereocenters. The number of nitrogens with zero attached hydrogens (tertiary/aromatic N) is 1. The number of carboxylic acid groups (broad SMARTS) is 2. The molecule has 1 heterocycles. The molecule has 6 nitrogen and oxygen atoms in total. The van der Waals surface area contributed by atoms with Crippen LogP contribution in [-0.2, 0) is 14.4 Å². The number of carbonyl (C=O) groups excluding carboxylic acids is 1. The summed E-state index contributed by atoms with van der Waals surface area (Å²) in [6.07, 6.45) is 0.197. The molecule has 3 unspecified atom stereocenters. The van der Waals surface area contributed by atoms with E-state index in [4.69, 9.17) is 10.2 Å². The van der Waals surface area contributed by atoms with Crippen molar-refractivity contribution in [2.24, 2.45) is 23.7 Å². The van der Waals surface area contributed by atoms with Crippen molar-refractivity contribution in [3.05, 3.63) is 0 Å². The largest absolute Gasteiger partial charge is 0.481 e. The number of hydrogen-bond acceptors (Lipinski definition) is 3. The summed E-state index contributed by atoms with van der Waals surface area (Å²) in [5, 5.41) is 18.1. The Hall–Kier alpha value is -1.59. The minimum absolute atomic E-state index is 0.0117. The highest BCUT2D eigenvalue weighted by molar-refractivity contribution is 5.83. The highest BCUT2D eigenvalue weighted by atomic mass is 16.4. The van der Waals surface area contributed by atoms with Crippen LogP contribution >= 0.6 is 0 Å². The lowest BCUT2D eigenvalue weighted by Crippen LogP contribution is -2.50. The first kappa shape index (κ1) is 15.5. The van der Waals surface area contributed by atoms with Gasteiger partial charge in [-0.3, -0.25) is 14.4 Å². The zero-order chi connectivity index (χ0) is 14.7. The lowest BCUT2D eigenvalue weighted by molar-refractivity contribution is -0.160. The van der Waals surface area contributed by atoms with Crippen molar-refractivity contribution in [1.29, 1.82) is 0 Å². The molecule has 0 radical (unpaired) electrons. The lowest BCUT2D eigenvalue weighted by Gasteiger charge is -2.36. The lowest BCUT2D eigenvalue weighted by atomic mass is 9.84. The van der Waals surface area contributed by atoms with E-state index in [1.165, 1.54) is 4.90 Å². The SMILES string of the molecule is CC(C)C(C)C(=O)N1CCC(C(=O)O)C(C(=O)O)C1. The fourth-order valence-electron chi connectivity index (χ4n) is 2.27. The number of aliphatic carboxylic acids is 2. The third-order valence-electron chi connectivity index (χ3n) is 3.95. The number of carboxylic acids is 2. The van der Waals surface area contributed by atoms with E-state index in [9.17, 15) is 14.4 Å². The average molecular weight is 271 g/mol. The summed E-state index contributed by atoms with van der Waals surface area (Å²) in [5.74, 6) is -4.28. The molecule has 0 aromatic carbocycles. The van der Waals surface area contributed by atoms with Crippen LogP contribution in [0.4, 0.5) is 0 Å². The van der Waals surface area contributed by atoms with Gasteiger partial charge >= 0.3 is 11.9 Å². The Bertz CT molecular complexity index is 379. The third-order valence-corrected chi connectivity index (χ3v) is 3.95. The van der Waals surface area contributed by atoms with Gasteiger partial charge in [0, 0.05) is 19.0 Å². The Kier molecular flexibility index (Phi) is 4.91. The van der Waals surface area contributed by atoms with Crippen LogP contribution in [0, 0.1) is 23.7 Å². The molecular formula is C13H21NO5. The van der Waals surface area contributed by atoms with Crippen LogP contribution in [-0.4, -0.2) is 46.0 Å². The monoisotopic (exact) mass is 271 g/mol. The van der Waals surface area contributed by atoms with Gasteiger partial charge in [0.05, 0.1) is 11.8 Å². The Morgan fingerprint density at radius 2 is 1.58 bits per heavy atom. The summed E-state index contributed by atoms with van der Waals surface area (Å²) < 4.78 is 0. The van der Waals surface area contributed by atoms with Crippen molar-refractivity contribution >= 4 is 17.8 Å². The van der Waals surface area contributed by atoms with Gasteiger partial charge in [-0.1, -0.05) is 20.8 Å². The van der Waals surface area contributed by atoms with Crippen molar-refractivity contribution in [3.8, 4) is 0 Å². The topological polar surface area (TPSA) is 94.9 Å². The minimum atomic E-state index is -1.15. The van der Waals surface area contributed by atoms with Crippen molar-refractivity contribution in [3.63, 3.8) is 0 Å². The molecule has 1 aliphatic heterocycles. The molecule has 0 saturated carbocycles. The number of amides is 1. The van der Waals surface area contributed by atoms with Gasteiger partial charge in [-0.2, -0.15) is 0 Å². The van der Waals surface area contributed by atoms with Gasteiger partial charge in [0.15, 0.2) is 0 Å². The summed E-state index contributed by atoms with van der Waals surface area (Å²) in [6, 6.07) is 0. The second-order valence-corrected chi connectivity index (χ2v) is 5.50. The molecule has 2 N–H and O–H groups in total. The van der Waals surface area contributed by atoms with Crippen LogP contribution < -0.4 is 0 Å². The van der Waals surface area contributed by atoms with Crippen LogP contribution in [0.2, 0.25) is 0 Å². The van der Waals surface area contributed by atoms with E-state index in [2.05, 4.69) is 0 Å². The average Bonchev–Trinajstić information content (AvgIpc) is 2.35. The number of likely N-dealkylation sites (tertiary alicyclic amines) is 1. The zero-order valence-corrected chi connectivity index (χ0v) is 11.5. The van der Waals surface area contributed by atoms with Gasteiger partial charge in [-0.05, 0) is 12.3 Å². The molecule has 1 fully saturated rings. The molecule has 0 aromatic heterocycles. The van der Waals surface area contributed by atoms with E-state index in [1.54, 1.807) is 0 Å². The molecule has 1 aliphatic rings. The number of rotatable bonds is 4. The molecular weight excluding hydrogens is 250 g/mol. The Morgan fingerprint density at radius 3 is 2.00 bits per heavy atom. The smallest absolute Gasteiger partial charge is 0.309 e. The molecule has 19 heavy (non-hydrogen) atoms. The van der Waals surface area contributed by atoms with Crippen LogP contribution in [0.25, 0.3) is 0 Å². The highest BCUT2D eigenvalue weighted by Crippen LogP contribution is 2.26. The second kappa shape index (κ2) is 6.04. The van der Waals surface area contributed by atoms with Crippen LogP contribution in [0.15, 0.2) is 0 Å². The summed E-state index contributed by atoms with van der Waals surface area (Å²) in [7, 11) is 0. The van der Waals surface area contributed by atoms with Crippen LogP contribution in [0.1, 0.15) is 27.2 Å². The molecule has 0 bridgehead atoms. The maximum absolute atomic E-state index is 12.2. The van der Waals surface area contributed by atoms with Crippen molar-refractivity contribution in [1.82, 2.24) is 4.90 Å². The predicted molar refractivity (Wildman–Crippen MR) is 67.5 cm³/mol. The van der Waals surface area contributed by atoms with E-state index in [0.717, 1.165) is 0 Å². The maximum Gasteiger partial charge on any atom is 0.309 e. The summed E-state index contributed by atoms with van der Waals surface area (Å²) in [6.45, 7) is 5.98. The summed E-state index contributed by atoms with van der Waals surface area (Å²) >= 11 is 0. The van der Waals surface area contributed by atoms with E-state index >= 15 is 0 Å². The Balaban J connectivity index is 2.79. The third kappa shape index (κ3) is 3.45. The van der Waals surface area contributed by atoms with Crippen molar-refractivity contribution in [2.45, 2.75) is 27.2 Å². The fourth-order valence-corrected chi connectivity index (χ4v) is 2.27. The van der Waals surface area contributed by atoms with Gasteiger partial charge in [0.2, 0.25) is 5.91 Å². The fraction of sp³-hybridized carbons (Fsp3) is 0.769. The van der Waals surface area contributed by atoms with E-state index in [0.29, 0.717) is 6.54 Å². The van der Waals surface area contributed by atoms with Crippen LogP contribution in [0.5, 0.6) is 0 Å². The van der Waals surface area contributed by atoms with Gasteiger partial charge in [-0.15, -0.1) is 0 Å². The van der Waals surface area contributed by atoms with Gasteiger partial charge < -0.3 is 15.1 Å². The van der Waals surface area contributed by atoms with Gasteiger partial charge in [0.25, 0.3) is 0 Å². The van der Waals surface area contributed by atoms with Crippen molar-refractivity contribution < 1.29 is 24.6 Å². The maximum atomic E-state index is 12.2. The predicted octanol–water partition coefficient (Wildman–Crippen LogP) is 0.912. The molecule has 1 rings (SSSR count). The number of piperidine rings is 1. The van der Waals surface area contributed by atoms with E-state index in [1.807, 2.05) is 20.8 Å². The molecule has 1 saturated heterocycles. The molecule has 6 heteroatoms.